The van der Waals surface area contributed by atoms with E-state index in [0.29, 0.717) is 18.6 Å². The fraction of sp³-hybridized carbons (Fsp3) is 0.500. The van der Waals surface area contributed by atoms with E-state index in [4.69, 9.17) is 0 Å². The number of piperidine rings is 1. The van der Waals surface area contributed by atoms with Gasteiger partial charge < -0.3 is 15.0 Å². The summed E-state index contributed by atoms with van der Waals surface area (Å²) in [5, 5.41) is 18.5. The van der Waals surface area contributed by atoms with Crippen molar-refractivity contribution in [2.24, 2.45) is 5.92 Å². The summed E-state index contributed by atoms with van der Waals surface area (Å²) in [6.07, 6.45) is 5.17. The number of tetrazole rings is 1. The standard InChI is InChI=1S/C16H21N7O3/c1-26-15(24)4-2-3-9-17-16(25)12-7-10-22(11-8-12)14-6-5-13-18-20-21-23(13)19-14/h2,4-6,12H,3,7-11H2,1H3,(H,17,25)/b4-2+. The molecule has 0 saturated carbocycles. The highest BCUT2D eigenvalue weighted by atomic mass is 16.5. The zero-order valence-corrected chi connectivity index (χ0v) is 14.5. The van der Waals surface area contributed by atoms with Gasteiger partial charge in [-0.3, -0.25) is 4.79 Å². The van der Waals surface area contributed by atoms with Crippen molar-refractivity contribution in [3.63, 3.8) is 0 Å². The molecule has 1 fully saturated rings. The molecule has 0 aliphatic carbocycles. The number of methoxy groups -OCH3 is 1. The number of ether oxygens (including phenoxy) is 1. The van der Waals surface area contributed by atoms with Gasteiger partial charge >= 0.3 is 5.97 Å². The van der Waals surface area contributed by atoms with Crippen molar-refractivity contribution in [1.82, 2.24) is 30.6 Å². The van der Waals surface area contributed by atoms with Crippen molar-refractivity contribution in [3.8, 4) is 0 Å². The van der Waals surface area contributed by atoms with Crippen molar-refractivity contribution in [2.75, 3.05) is 31.6 Å². The van der Waals surface area contributed by atoms with Gasteiger partial charge in [-0.15, -0.1) is 14.8 Å². The highest BCUT2D eigenvalue weighted by molar-refractivity contribution is 5.81. The molecule has 0 radical (unpaired) electrons. The molecule has 1 aliphatic heterocycles. The third-order valence-corrected chi connectivity index (χ3v) is 4.31. The summed E-state index contributed by atoms with van der Waals surface area (Å²) >= 11 is 0. The Balaban J connectivity index is 1.43. The zero-order chi connectivity index (χ0) is 18.4. The Hall–Kier alpha value is -3.04. The molecule has 3 heterocycles. The molecule has 1 amide bonds. The number of nitrogens with one attached hydrogen (secondary N) is 1. The first kappa shape index (κ1) is 17.8. The van der Waals surface area contributed by atoms with Crippen molar-refractivity contribution in [2.45, 2.75) is 19.3 Å². The third-order valence-electron chi connectivity index (χ3n) is 4.31. The number of anilines is 1. The van der Waals surface area contributed by atoms with E-state index in [1.807, 2.05) is 12.1 Å². The fourth-order valence-electron chi connectivity index (χ4n) is 2.85. The minimum atomic E-state index is -0.392. The van der Waals surface area contributed by atoms with Gasteiger partial charge in [0.2, 0.25) is 5.91 Å². The number of nitrogens with zero attached hydrogens (tertiary/aromatic N) is 6. The maximum atomic E-state index is 12.2. The van der Waals surface area contributed by atoms with Crippen LogP contribution >= 0.6 is 0 Å². The lowest BCUT2D eigenvalue weighted by atomic mass is 9.96. The Morgan fingerprint density at radius 1 is 1.35 bits per heavy atom. The number of rotatable bonds is 6. The van der Waals surface area contributed by atoms with E-state index in [2.05, 4.69) is 35.6 Å². The highest BCUT2D eigenvalue weighted by Gasteiger charge is 2.25. The van der Waals surface area contributed by atoms with Crippen molar-refractivity contribution in [1.29, 1.82) is 0 Å². The maximum Gasteiger partial charge on any atom is 0.330 e. The maximum absolute atomic E-state index is 12.2. The number of hydrogen-bond donors (Lipinski definition) is 1. The number of carbonyl (C=O) groups excluding carboxylic acids is 2. The number of esters is 1. The normalized spacial score (nSPS) is 15.5. The van der Waals surface area contributed by atoms with Gasteiger partial charge in [0.05, 0.1) is 7.11 Å². The van der Waals surface area contributed by atoms with Crippen LogP contribution in [0.3, 0.4) is 0 Å². The topological polar surface area (TPSA) is 115 Å². The number of amides is 1. The van der Waals surface area contributed by atoms with Crippen molar-refractivity contribution in [3.05, 3.63) is 24.3 Å². The second kappa shape index (κ2) is 8.37. The van der Waals surface area contributed by atoms with Crippen LogP contribution in [0.15, 0.2) is 24.3 Å². The lowest BCUT2D eigenvalue weighted by Gasteiger charge is -2.31. The lowest BCUT2D eigenvalue weighted by Crippen LogP contribution is -2.41. The zero-order valence-electron chi connectivity index (χ0n) is 14.5. The first-order valence-corrected chi connectivity index (χ1v) is 8.50. The molecule has 10 nitrogen and oxygen atoms in total. The van der Waals surface area contributed by atoms with Crippen LogP contribution in [-0.4, -0.2) is 63.9 Å². The van der Waals surface area contributed by atoms with Crippen LogP contribution in [0.5, 0.6) is 0 Å². The van der Waals surface area contributed by atoms with Gasteiger partial charge in [-0.2, -0.15) is 0 Å². The summed E-state index contributed by atoms with van der Waals surface area (Å²) in [4.78, 5) is 25.3. The van der Waals surface area contributed by atoms with Crippen LogP contribution in [0, 0.1) is 5.92 Å². The molecule has 2 aromatic heterocycles. The summed E-state index contributed by atoms with van der Waals surface area (Å²) in [6, 6.07) is 3.71. The minimum absolute atomic E-state index is 0.00685. The monoisotopic (exact) mass is 359 g/mol. The molecule has 0 bridgehead atoms. The summed E-state index contributed by atoms with van der Waals surface area (Å²) in [5.74, 6) is 0.460. The average Bonchev–Trinajstić information content (AvgIpc) is 3.15. The molecule has 0 aromatic carbocycles. The van der Waals surface area contributed by atoms with Gasteiger partial charge in [0, 0.05) is 31.6 Å². The van der Waals surface area contributed by atoms with E-state index in [0.717, 1.165) is 31.7 Å². The quantitative estimate of drug-likeness (QED) is 0.434. The molecule has 0 unspecified atom stereocenters. The second-order valence-corrected chi connectivity index (χ2v) is 5.98. The Bertz CT molecular complexity index is 796. The predicted molar refractivity (Wildman–Crippen MR) is 92.3 cm³/mol. The van der Waals surface area contributed by atoms with Crippen LogP contribution in [0.2, 0.25) is 0 Å². The third kappa shape index (κ3) is 4.32. The summed E-state index contributed by atoms with van der Waals surface area (Å²) in [7, 11) is 1.33. The Kier molecular flexibility index (Phi) is 5.72. The van der Waals surface area contributed by atoms with Gasteiger partial charge in [0.25, 0.3) is 0 Å². The van der Waals surface area contributed by atoms with Crippen molar-refractivity contribution >= 4 is 23.3 Å². The summed E-state index contributed by atoms with van der Waals surface area (Å²) < 4.78 is 5.90. The molecule has 1 saturated heterocycles. The molecule has 26 heavy (non-hydrogen) atoms. The Morgan fingerprint density at radius 2 is 2.15 bits per heavy atom. The molecule has 0 atom stereocenters. The van der Waals surface area contributed by atoms with E-state index in [1.54, 1.807) is 6.08 Å². The molecule has 2 aromatic rings. The number of aromatic nitrogens is 5. The SMILES string of the molecule is COC(=O)/C=C/CCNC(=O)C1CCN(c2ccc3nnnn3n2)CC1. The number of fused-ring (bicyclic) bond motifs is 1. The Morgan fingerprint density at radius 3 is 2.92 bits per heavy atom. The van der Waals surface area contributed by atoms with Gasteiger partial charge in [0.15, 0.2) is 11.5 Å². The van der Waals surface area contributed by atoms with Gasteiger partial charge in [0.1, 0.15) is 0 Å². The average molecular weight is 359 g/mol. The molecule has 1 aliphatic rings. The highest BCUT2D eigenvalue weighted by Crippen LogP contribution is 2.21. The molecule has 1 N–H and O–H groups in total. The van der Waals surface area contributed by atoms with Gasteiger partial charge in [-0.1, -0.05) is 6.08 Å². The molecular formula is C16H21N7O3. The number of carbonyl (C=O) groups is 2. The summed E-state index contributed by atoms with van der Waals surface area (Å²) in [6.45, 7) is 2.01. The summed E-state index contributed by atoms with van der Waals surface area (Å²) in [5.41, 5.74) is 0.601. The minimum Gasteiger partial charge on any atom is -0.466 e. The first-order chi connectivity index (χ1) is 12.7. The fourth-order valence-corrected chi connectivity index (χ4v) is 2.85. The first-order valence-electron chi connectivity index (χ1n) is 8.50. The molecule has 10 heteroatoms. The van der Waals surface area contributed by atoms with Crippen LogP contribution in [0.25, 0.3) is 5.65 Å². The Labute approximate surface area is 150 Å². The van der Waals surface area contributed by atoms with Crippen LogP contribution in [0.1, 0.15) is 19.3 Å². The van der Waals surface area contributed by atoms with Gasteiger partial charge in [-0.05, 0) is 41.8 Å². The van der Waals surface area contributed by atoms with E-state index >= 15 is 0 Å². The van der Waals surface area contributed by atoms with Crippen molar-refractivity contribution < 1.29 is 14.3 Å². The van der Waals surface area contributed by atoms with Gasteiger partial charge in [-0.25, -0.2) is 4.79 Å². The lowest BCUT2D eigenvalue weighted by molar-refractivity contribution is -0.134. The van der Waals surface area contributed by atoms with Crippen LogP contribution in [0.4, 0.5) is 5.82 Å². The van der Waals surface area contributed by atoms with E-state index in [9.17, 15) is 9.59 Å². The molecule has 3 rings (SSSR count). The largest absolute Gasteiger partial charge is 0.466 e. The van der Waals surface area contributed by atoms with E-state index < -0.39 is 5.97 Å². The second-order valence-electron chi connectivity index (χ2n) is 5.98. The van der Waals surface area contributed by atoms with E-state index in [-0.39, 0.29) is 11.8 Å². The van der Waals surface area contributed by atoms with E-state index in [1.165, 1.54) is 17.8 Å². The molecule has 0 spiro atoms. The molecule has 138 valence electrons. The van der Waals surface area contributed by atoms with Crippen LogP contribution < -0.4 is 10.2 Å². The smallest absolute Gasteiger partial charge is 0.330 e. The molecular weight excluding hydrogens is 338 g/mol. The van der Waals surface area contributed by atoms with Crippen LogP contribution in [-0.2, 0) is 14.3 Å². The predicted octanol–water partition coefficient (Wildman–Crippen LogP) is -0.0288. The number of hydrogen-bond acceptors (Lipinski definition) is 8.